The molecule has 21 heavy (non-hydrogen) atoms. The lowest BCUT2D eigenvalue weighted by molar-refractivity contribution is -0.384. The van der Waals surface area contributed by atoms with Crippen molar-refractivity contribution in [1.82, 2.24) is 4.90 Å². The van der Waals surface area contributed by atoms with Gasteiger partial charge in [0.05, 0.1) is 9.95 Å². The van der Waals surface area contributed by atoms with E-state index in [9.17, 15) is 19.7 Å². The molecule has 1 aliphatic rings. The molecule has 0 unspecified atom stereocenters. The summed E-state index contributed by atoms with van der Waals surface area (Å²) in [6, 6.07) is 1.29. The normalized spacial score (nSPS) is 17.8. The van der Waals surface area contributed by atoms with Crippen molar-refractivity contribution in [3.05, 3.63) is 37.9 Å². The van der Waals surface area contributed by atoms with Gasteiger partial charge in [0.15, 0.2) is 0 Å². The van der Waals surface area contributed by atoms with Gasteiger partial charge in [-0.2, -0.15) is 0 Å². The lowest BCUT2D eigenvalue weighted by Gasteiger charge is -2.21. The number of aliphatic carboxylic acids is 1. The molecule has 1 aliphatic heterocycles. The van der Waals surface area contributed by atoms with Gasteiger partial charge in [-0.25, -0.2) is 4.79 Å². The highest BCUT2D eigenvalue weighted by atomic mass is 35.5. The molecule has 112 valence electrons. The van der Waals surface area contributed by atoms with Crippen LogP contribution in [0.2, 0.25) is 10.0 Å². The summed E-state index contributed by atoms with van der Waals surface area (Å²) in [5.41, 5.74) is -0.539. The maximum Gasteiger partial charge on any atom is 0.326 e. The molecule has 0 saturated carbocycles. The van der Waals surface area contributed by atoms with Gasteiger partial charge in [-0.3, -0.25) is 14.9 Å². The van der Waals surface area contributed by atoms with Crippen molar-refractivity contribution in [2.75, 3.05) is 6.54 Å². The smallest absolute Gasteiger partial charge is 0.326 e. The fourth-order valence-corrected chi connectivity index (χ4v) is 2.66. The van der Waals surface area contributed by atoms with Crippen LogP contribution in [-0.4, -0.2) is 39.4 Å². The van der Waals surface area contributed by atoms with Crippen molar-refractivity contribution in [3.8, 4) is 0 Å². The molecule has 0 aromatic heterocycles. The average molecular weight is 333 g/mol. The van der Waals surface area contributed by atoms with Crippen molar-refractivity contribution in [2.24, 2.45) is 0 Å². The number of halogens is 2. The Morgan fingerprint density at radius 1 is 1.38 bits per heavy atom. The minimum Gasteiger partial charge on any atom is -0.480 e. The number of carboxylic acids is 1. The van der Waals surface area contributed by atoms with Crippen LogP contribution in [0.15, 0.2) is 12.1 Å². The monoisotopic (exact) mass is 332 g/mol. The van der Waals surface area contributed by atoms with Gasteiger partial charge >= 0.3 is 5.97 Å². The Morgan fingerprint density at radius 2 is 2.05 bits per heavy atom. The second kappa shape index (κ2) is 5.87. The standard InChI is InChI=1S/C12H10Cl2N2O5/c13-7-4-6(5-9(10(7)14)16(20)21)11(17)15-3-1-2-8(15)12(18)19/h4-5,8H,1-3H2,(H,18,19)/t8-/m1/s1. The maximum absolute atomic E-state index is 12.3. The Balaban J connectivity index is 2.40. The van der Waals surface area contributed by atoms with E-state index >= 15 is 0 Å². The van der Waals surface area contributed by atoms with Crippen LogP contribution < -0.4 is 0 Å². The molecular weight excluding hydrogens is 323 g/mol. The van der Waals surface area contributed by atoms with E-state index < -0.39 is 28.5 Å². The second-order valence-electron chi connectivity index (χ2n) is 4.54. The molecule has 0 spiro atoms. The largest absolute Gasteiger partial charge is 0.480 e. The molecule has 0 bridgehead atoms. The van der Waals surface area contributed by atoms with Crippen molar-refractivity contribution in [3.63, 3.8) is 0 Å². The number of carbonyl (C=O) groups is 2. The first-order valence-electron chi connectivity index (χ1n) is 6.00. The quantitative estimate of drug-likeness (QED) is 0.677. The van der Waals surface area contributed by atoms with Crippen LogP contribution in [0, 0.1) is 10.1 Å². The number of nitrogens with zero attached hydrogens (tertiary/aromatic N) is 2. The first-order valence-corrected chi connectivity index (χ1v) is 6.75. The molecule has 0 radical (unpaired) electrons. The average Bonchev–Trinajstić information content (AvgIpc) is 2.89. The SMILES string of the molecule is O=C(O)[C@H]1CCCN1C(=O)c1cc(Cl)c(Cl)c([N+](=O)[O-])c1. The molecule has 0 aliphatic carbocycles. The summed E-state index contributed by atoms with van der Waals surface area (Å²) in [6.07, 6.45) is 0.913. The minimum absolute atomic E-state index is 0.0516. The first kappa shape index (κ1) is 15.5. The van der Waals surface area contributed by atoms with Gasteiger partial charge in [-0.1, -0.05) is 23.2 Å². The van der Waals surface area contributed by atoms with Gasteiger partial charge in [-0.05, 0) is 18.9 Å². The number of rotatable bonds is 3. The van der Waals surface area contributed by atoms with Crippen LogP contribution in [0.4, 0.5) is 5.69 Å². The third kappa shape index (κ3) is 2.93. The van der Waals surface area contributed by atoms with E-state index in [4.69, 9.17) is 28.3 Å². The predicted octanol–water partition coefficient (Wildman–Crippen LogP) is 2.59. The van der Waals surface area contributed by atoms with Crippen LogP contribution in [0.3, 0.4) is 0 Å². The maximum atomic E-state index is 12.3. The molecule has 1 saturated heterocycles. The molecule has 1 amide bonds. The zero-order chi connectivity index (χ0) is 15.7. The van der Waals surface area contributed by atoms with Gasteiger partial charge < -0.3 is 10.0 Å². The molecule has 1 N–H and O–H groups in total. The van der Waals surface area contributed by atoms with Gasteiger partial charge in [-0.15, -0.1) is 0 Å². The second-order valence-corrected chi connectivity index (χ2v) is 5.33. The molecule has 1 aromatic rings. The van der Waals surface area contributed by atoms with E-state index in [2.05, 4.69) is 0 Å². The number of benzene rings is 1. The molecule has 1 atom stereocenters. The van der Waals surface area contributed by atoms with Crippen LogP contribution in [-0.2, 0) is 4.79 Å². The lowest BCUT2D eigenvalue weighted by atomic mass is 10.1. The van der Waals surface area contributed by atoms with Crippen molar-refractivity contribution in [2.45, 2.75) is 18.9 Å². The van der Waals surface area contributed by atoms with Crippen molar-refractivity contribution in [1.29, 1.82) is 0 Å². The molecule has 1 heterocycles. The number of hydrogen-bond donors (Lipinski definition) is 1. The van der Waals surface area contributed by atoms with E-state index in [-0.39, 0.29) is 22.2 Å². The van der Waals surface area contributed by atoms with E-state index in [1.807, 2.05) is 0 Å². The number of carboxylic acid groups (broad SMARTS) is 1. The van der Waals surface area contributed by atoms with Crippen LogP contribution in [0.1, 0.15) is 23.2 Å². The molecule has 2 rings (SSSR count). The summed E-state index contributed by atoms with van der Waals surface area (Å²) in [6.45, 7) is 0.282. The Morgan fingerprint density at radius 3 is 2.62 bits per heavy atom. The number of nitro groups is 1. The Kier molecular flexibility index (Phi) is 4.34. The highest BCUT2D eigenvalue weighted by molar-refractivity contribution is 6.43. The number of nitro benzene ring substituents is 1. The van der Waals surface area contributed by atoms with Crippen LogP contribution >= 0.6 is 23.2 Å². The summed E-state index contributed by atoms with van der Waals surface area (Å²) in [5, 5.41) is 19.6. The van der Waals surface area contributed by atoms with Gasteiger partial charge in [0.1, 0.15) is 11.1 Å². The summed E-state index contributed by atoms with van der Waals surface area (Å²) < 4.78 is 0. The Hall–Kier alpha value is -1.86. The highest BCUT2D eigenvalue weighted by Gasteiger charge is 2.35. The third-order valence-electron chi connectivity index (χ3n) is 3.25. The van der Waals surface area contributed by atoms with Gasteiger partial charge in [0, 0.05) is 18.2 Å². The molecule has 1 fully saturated rings. The summed E-state index contributed by atoms with van der Waals surface area (Å²) in [7, 11) is 0. The topological polar surface area (TPSA) is 101 Å². The van der Waals surface area contributed by atoms with Crippen molar-refractivity contribution >= 4 is 40.8 Å². The first-order chi connectivity index (χ1) is 9.82. The molecule has 9 heteroatoms. The summed E-state index contributed by atoms with van der Waals surface area (Å²) >= 11 is 11.5. The summed E-state index contributed by atoms with van der Waals surface area (Å²) in [5.74, 6) is -1.71. The highest BCUT2D eigenvalue weighted by Crippen LogP contribution is 2.34. The minimum atomic E-state index is -1.10. The third-order valence-corrected chi connectivity index (χ3v) is 4.04. The van der Waals surface area contributed by atoms with E-state index in [1.165, 1.54) is 11.0 Å². The van der Waals surface area contributed by atoms with Gasteiger partial charge in [0.2, 0.25) is 0 Å². The molecule has 7 nitrogen and oxygen atoms in total. The lowest BCUT2D eigenvalue weighted by Crippen LogP contribution is -2.40. The van der Waals surface area contributed by atoms with E-state index in [0.717, 1.165) is 6.07 Å². The Labute approximate surface area is 129 Å². The van der Waals surface area contributed by atoms with E-state index in [1.54, 1.807) is 0 Å². The van der Waals surface area contributed by atoms with Crippen LogP contribution in [0.5, 0.6) is 0 Å². The van der Waals surface area contributed by atoms with Gasteiger partial charge in [0.25, 0.3) is 11.6 Å². The predicted molar refractivity (Wildman–Crippen MR) is 74.8 cm³/mol. The number of likely N-dealkylation sites (tertiary alicyclic amines) is 1. The van der Waals surface area contributed by atoms with E-state index in [0.29, 0.717) is 12.8 Å². The zero-order valence-corrected chi connectivity index (χ0v) is 12.1. The molecule has 1 aromatic carbocycles. The van der Waals surface area contributed by atoms with Crippen LogP contribution in [0.25, 0.3) is 0 Å². The number of amides is 1. The van der Waals surface area contributed by atoms with Crippen molar-refractivity contribution < 1.29 is 19.6 Å². The number of carbonyl (C=O) groups excluding carboxylic acids is 1. The fraction of sp³-hybridized carbons (Fsp3) is 0.333. The fourth-order valence-electron chi connectivity index (χ4n) is 2.26. The molecular formula is C12H10Cl2N2O5. The summed E-state index contributed by atoms with van der Waals surface area (Å²) in [4.78, 5) is 34.7. The number of hydrogen-bond acceptors (Lipinski definition) is 4. The zero-order valence-electron chi connectivity index (χ0n) is 10.6. The Bertz CT molecular complexity index is 634.